The Balaban J connectivity index is 0.000000336. The van der Waals surface area contributed by atoms with Crippen molar-refractivity contribution in [1.29, 1.82) is 0 Å². The fourth-order valence-electron chi connectivity index (χ4n) is 2.61. The van der Waals surface area contributed by atoms with Gasteiger partial charge >= 0.3 is 0 Å². The highest BCUT2D eigenvalue weighted by Gasteiger charge is 2.55. The maximum absolute atomic E-state index is 9.74. The summed E-state index contributed by atoms with van der Waals surface area (Å²) in [6.07, 6.45) is 4.67. The average molecular weight is 170 g/mol. The molecule has 0 amide bonds. The first-order valence-corrected chi connectivity index (χ1v) is 5.24. The molecule has 0 bridgehead atoms. The zero-order valence-corrected chi connectivity index (χ0v) is 8.85. The van der Waals surface area contributed by atoms with Crippen molar-refractivity contribution in [2.45, 2.75) is 59.0 Å². The summed E-state index contributed by atoms with van der Waals surface area (Å²) in [6.45, 7) is 8.29. The minimum atomic E-state index is -0.345. The third-order valence-electron chi connectivity index (χ3n) is 3.35. The van der Waals surface area contributed by atoms with E-state index in [0.29, 0.717) is 5.41 Å². The predicted molar refractivity (Wildman–Crippen MR) is 52.0 cm³/mol. The van der Waals surface area contributed by atoms with E-state index in [4.69, 9.17) is 0 Å². The van der Waals surface area contributed by atoms with Gasteiger partial charge in [-0.2, -0.15) is 0 Å². The van der Waals surface area contributed by atoms with E-state index in [1.165, 1.54) is 12.8 Å². The maximum atomic E-state index is 9.74. The molecule has 2 saturated carbocycles. The molecule has 1 heteroatoms. The summed E-state index contributed by atoms with van der Waals surface area (Å²) in [5.74, 6) is 0.952. The lowest BCUT2D eigenvalue weighted by atomic mass is 9.80. The Hall–Kier alpha value is -0.0400. The zero-order chi connectivity index (χ0) is 9.41. The molecule has 0 radical (unpaired) electrons. The van der Waals surface area contributed by atoms with Gasteiger partial charge in [-0.25, -0.2) is 0 Å². The quantitative estimate of drug-likeness (QED) is 0.592. The Morgan fingerprint density at radius 2 is 1.83 bits per heavy atom. The van der Waals surface area contributed by atoms with Gasteiger partial charge in [0.25, 0.3) is 0 Å². The van der Waals surface area contributed by atoms with E-state index < -0.39 is 0 Å². The second kappa shape index (κ2) is 3.02. The standard InChI is InChI=1S/C9H16O.C2H6/c1-8-5-7(8)3-4-9(2,10)6-8;1-2/h7,10H,3-6H2,1-2H3;1-2H3. The van der Waals surface area contributed by atoms with Crippen molar-refractivity contribution < 1.29 is 5.11 Å². The van der Waals surface area contributed by atoms with Gasteiger partial charge in [0, 0.05) is 0 Å². The van der Waals surface area contributed by atoms with Crippen molar-refractivity contribution in [2.24, 2.45) is 11.3 Å². The predicted octanol–water partition coefficient (Wildman–Crippen LogP) is 2.97. The zero-order valence-electron chi connectivity index (χ0n) is 8.85. The average Bonchev–Trinajstić information content (AvgIpc) is 2.61. The first kappa shape index (κ1) is 10.0. The Morgan fingerprint density at radius 3 is 2.25 bits per heavy atom. The molecule has 2 aliphatic rings. The van der Waals surface area contributed by atoms with E-state index in [9.17, 15) is 5.11 Å². The molecule has 2 aliphatic carbocycles. The summed E-state index contributed by atoms with van der Waals surface area (Å²) in [5.41, 5.74) is 0.184. The fourth-order valence-corrected chi connectivity index (χ4v) is 2.61. The topological polar surface area (TPSA) is 20.2 Å². The minimum absolute atomic E-state index is 0.345. The molecule has 2 rings (SSSR count). The van der Waals surface area contributed by atoms with E-state index in [-0.39, 0.29) is 5.60 Å². The molecule has 3 unspecified atom stereocenters. The van der Waals surface area contributed by atoms with Gasteiger partial charge < -0.3 is 5.11 Å². The molecule has 0 saturated heterocycles. The van der Waals surface area contributed by atoms with Crippen molar-refractivity contribution in [2.75, 3.05) is 0 Å². The number of rotatable bonds is 0. The third kappa shape index (κ3) is 1.82. The normalized spacial score (nSPS) is 50.2. The van der Waals surface area contributed by atoms with Gasteiger partial charge in [0.05, 0.1) is 5.60 Å². The lowest BCUT2D eigenvalue weighted by Gasteiger charge is -2.31. The van der Waals surface area contributed by atoms with Gasteiger partial charge in [0.1, 0.15) is 0 Å². The van der Waals surface area contributed by atoms with Gasteiger partial charge in [0.15, 0.2) is 0 Å². The van der Waals surface area contributed by atoms with Crippen LogP contribution >= 0.6 is 0 Å². The summed E-state index contributed by atoms with van der Waals surface area (Å²) >= 11 is 0. The summed E-state index contributed by atoms with van der Waals surface area (Å²) in [7, 11) is 0. The molecule has 0 aromatic carbocycles. The second-order valence-electron chi connectivity index (χ2n) is 4.77. The van der Waals surface area contributed by atoms with Crippen LogP contribution in [0.25, 0.3) is 0 Å². The molecule has 72 valence electrons. The van der Waals surface area contributed by atoms with Crippen molar-refractivity contribution >= 4 is 0 Å². The fraction of sp³-hybridized carbons (Fsp3) is 1.00. The highest BCUT2D eigenvalue weighted by atomic mass is 16.3. The molecule has 1 nitrogen and oxygen atoms in total. The second-order valence-corrected chi connectivity index (χ2v) is 4.77. The van der Waals surface area contributed by atoms with E-state index in [0.717, 1.165) is 18.8 Å². The van der Waals surface area contributed by atoms with E-state index in [1.807, 2.05) is 20.8 Å². The monoisotopic (exact) mass is 170 g/mol. The molecule has 0 aromatic heterocycles. The van der Waals surface area contributed by atoms with Gasteiger partial charge in [-0.15, -0.1) is 0 Å². The van der Waals surface area contributed by atoms with Gasteiger partial charge in [-0.05, 0) is 43.9 Å². The van der Waals surface area contributed by atoms with Crippen LogP contribution in [-0.2, 0) is 0 Å². The number of aliphatic hydroxyl groups is 1. The molecule has 1 N–H and O–H groups in total. The van der Waals surface area contributed by atoms with Gasteiger partial charge in [-0.3, -0.25) is 0 Å². The summed E-state index contributed by atoms with van der Waals surface area (Å²) in [5, 5.41) is 9.74. The van der Waals surface area contributed by atoms with Crippen molar-refractivity contribution in [1.82, 2.24) is 0 Å². The Kier molecular flexibility index (Phi) is 2.53. The molecule has 0 heterocycles. The van der Waals surface area contributed by atoms with Crippen LogP contribution < -0.4 is 0 Å². The van der Waals surface area contributed by atoms with Crippen molar-refractivity contribution in [3.63, 3.8) is 0 Å². The van der Waals surface area contributed by atoms with Crippen LogP contribution in [0, 0.1) is 11.3 Å². The summed E-state index contributed by atoms with van der Waals surface area (Å²) in [6, 6.07) is 0. The van der Waals surface area contributed by atoms with E-state index in [2.05, 4.69) is 6.92 Å². The van der Waals surface area contributed by atoms with Gasteiger partial charge in [-0.1, -0.05) is 20.8 Å². The van der Waals surface area contributed by atoms with Crippen LogP contribution in [0.15, 0.2) is 0 Å². The van der Waals surface area contributed by atoms with Crippen LogP contribution in [-0.4, -0.2) is 10.7 Å². The molecular weight excluding hydrogens is 148 g/mol. The highest BCUT2D eigenvalue weighted by Crippen LogP contribution is 2.62. The summed E-state index contributed by atoms with van der Waals surface area (Å²) < 4.78 is 0. The molecular formula is C11H22O. The summed E-state index contributed by atoms with van der Waals surface area (Å²) in [4.78, 5) is 0. The lowest BCUT2D eigenvalue weighted by Crippen LogP contribution is -2.31. The molecule has 3 atom stereocenters. The van der Waals surface area contributed by atoms with Crippen molar-refractivity contribution in [3.8, 4) is 0 Å². The Bertz CT molecular complexity index is 160. The molecule has 2 fully saturated rings. The van der Waals surface area contributed by atoms with Crippen molar-refractivity contribution in [3.05, 3.63) is 0 Å². The van der Waals surface area contributed by atoms with Crippen LogP contribution in [0.5, 0.6) is 0 Å². The van der Waals surface area contributed by atoms with Crippen LogP contribution in [0.4, 0.5) is 0 Å². The number of hydrogen-bond donors (Lipinski definition) is 1. The van der Waals surface area contributed by atoms with Crippen LogP contribution in [0.3, 0.4) is 0 Å². The molecule has 12 heavy (non-hydrogen) atoms. The highest BCUT2D eigenvalue weighted by molar-refractivity contribution is 5.06. The van der Waals surface area contributed by atoms with E-state index >= 15 is 0 Å². The van der Waals surface area contributed by atoms with Crippen LogP contribution in [0.1, 0.15) is 53.4 Å². The Morgan fingerprint density at radius 1 is 1.25 bits per heavy atom. The molecule has 0 aliphatic heterocycles. The SMILES string of the molecule is CC.CC1(O)CCC2CC2(C)C1. The van der Waals surface area contributed by atoms with Crippen LogP contribution in [0.2, 0.25) is 0 Å². The number of hydrogen-bond acceptors (Lipinski definition) is 1. The first-order valence-electron chi connectivity index (χ1n) is 5.24. The first-order chi connectivity index (χ1) is 5.52. The molecule has 0 spiro atoms. The van der Waals surface area contributed by atoms with E-state index in [1.54, 1.807) is 0 Å². The number of fused-ring (bicyclic) bond motifs is 1. The largest absolute Gasteiger partial charge is 0.390 e. The maximum Gasteiger partial charge on any atom is 0.0625 e. The smallest absolute Gasteiger partial charge is 0.0625 e. The Labute approximate surface area is 76.2 Å². The lowest BCUT2D eigenvalue weighted by molar-refractivity contribution is 0.000607. The van der Waals surface area contributed by atoms with Gasteiger partial charge in [0.2, 0.25) is 0 Å². The minimum Gasteiger partial charge on any atom is -0.390 e. The molecule has 0 aromatic rings. The third-order valence-corrected chi connectivity index (χ3v) is 3.35.